The fraction of sp³-hybridized carbons (Fsp3) is 0.320. The fourth-order valence-corrected chi connectivity index (χ4v) is 4.94. The predicted molar refractivity (Wildman–Crippen MR) is 109 cm³/mol. The molecule has 0 heterocycles. The summed E-state index contributed by atoms with van der Waals surface area (Å²) in [6.45, 7) is 1.88. The Balaban J connectivity index is 1.81. The normalized spacial score (nSPS) is 26.5. The number of benzene rings is 2. The highest BCUT2D eigenvalue weighted by Crippen LogP contribution is 2.52. The van der Waals surface area contributed by atoms with Gasteiger partial charge in [-0.05, 0) is 73.9 Å². The maximum atomic E-state index is 13.6. The van der Waals surface area contributed by atoms with Crippen LogP contribution in [-0.2, 0) is 11.2 Å². The van der Waals surface area contributed by atoms with Gasteiger partial charge in [-0.1, -0.05) is 48.0 Å². The van der Waals surface area contributed by atoms with Crippen LogP contribution in [0.2, 0.25) is 0 Å². The molecule has 0 saturated heterocycles. The van der Waals surface area contributed by atoms with Crippen molar-refractivity contribution >= 4 is 11.9 Å². The van der Waals surface area contributed by atoms with Gasteiger partial charge in [0.1, 0.15) is 5.82 Å². The van der Waals surface area contributed by atoms with Crippen LogP contribution in [0.1, 0.15) is 43.7 Å². The van der Waals surface area contributed by atoms with E-state index in [-0.39, 0.29) is 11.6 Å². The van der Waals surface area contributed by atoms with E-state index in [1.807, 2.05) is 25.1 Å². The van der Waals surface area contributed by atoms with E-state index in [1.165, 1.54) is 12.1 Å². The molecule has 2 nitrogen and oxygen atoms in total. The maximum absolute atomic E-state index is 13.6. The van der Waals surface area contributed by atoms with Gasteiger partial charge in [-0.25, -0.2) is 4.39 Å². The lowest BCUT2D eigenvalue weighted by Crippen LogP contribution is -2.46. The molecule has 4 rings (SSSR count). The number of aliphatic hydroxyl groups is 1. The van der Waals surface area contributed by atoms with Gasteiger partial charge < -0.3 is 5.11 Å². The van der Waals surface area contributed by atoms with Crippen molar-refractivity contribution in [2.24, 2.45) is 5.41 Å². The minimum atomic E-state index is -0.490. The van der Waals surface area contributed by atoms with Crippen molar-refractivity contribution in [3.8, 4) is 0 Å². The Hall–Kier alpha value is -2.52. The molecule has 0 bridgehead atoms. The van der Waals surface area contributed by atoms with Crippen LogP contribution >= 0.6 is 0 Å². The zero-order valence-corrected chi connectivity index (χ0v) is 16.1. The maximum Gasteiger partial charge on any atom is 0.184 e. The zero-order valence-electron chi connectivity index (χ0n) is 16.1. The molecule has 2 atom stereocenters. The van der Waals surface area contributed by atoms with E-state index >= 15 is 0 Å². The molecule has 3 heteroatoms. The average Bonchev–Trinajstić information content (AvgIpc) is 2.68. The minimum absolute atomic E-state index is 0.0250. The summed E-state index contributed by atoms with van der Waals surface area (Å²) in [5, 5.41) is 11.1. The van der Waals surface area contributed by atoms with E-state index in [2.05, 4.69) is 12.1 Å². The monoisotopic (exact) mass is 376 g/mol. The lowest BCUT2D eigenvalue weighted by molar-refractivity contribution is -0.113. The van der Waals surface area contributed by atoms with Gasteiger partial charge in [-0.15, -0.1) is 0 Å². The number of allylic oxidation sites excluding steroid dienone is 2. The van der Waals surface area contributed by atoms with Crippen molar-refractivity contribution in [1.29, 1.82) is 0 Å². The molecular formula is C25H25FO2. The molecule has 2 aliphatic carbocycles. The summed E-state index contributed by atoms with van der Waals surface area (Å²) in [6.07, 6.45) is 5.00. The van der Waals surface area contributed by atoms with Gasteiger partial charge in [0.15, 0.2) is 5.78 Å². The number of hydrogen-bond acceptors (Lipinski definition) is 2. The second-order valence-electron chi connectivity index (χ2n) is 8.06. The van der Waals surface area contributed by atoms with Crippen molar-refractivity contribution in [3.05, 3.63) is 88.3 Å². The first-order valence-corrected chi connectivity index (χ1v) is 9.93. The molecule has 0 unspecified atom stereocenters. The number of aliphatic hydroxyl groups excluding tert-OH is 1. The molecule has 1 N–H and O–H groups in total. The van der Waals surface area contributed by atoms with Gasteiger partial charge >= 0.3 is 0 Å². The highest BCUT2D eigenvalue weighted by molar-refractivity contribution is 6.12. The molecule has 0 radical (unpaired) electrons. The predicted octanol–water partition coefficient (Wildman–Crippen LogP) is 5.27. The van der Waals surface area contributed by atoms with Gasteiger partial charge in [0.2, 0.25) is 0 Å². The molecule has 0 aromatic heterocycles. The zero-order chi connectivity index (χ0) is 19.7. The number of fused-ring (bicyclic) bond motifs is 1. The van der Waals surface area contributed by atoms with Crippen molar-refractivity contribution in [1.82, 2.24) is 0 Å². The topological polar surface area (TPSA) is 37.3 Å². The Morgan fingerprint density at radius 2 is 1.96 bits per heavy atom. The lowest BCUT2D eigenvalue weighted by Gasteiger charge is -2.48. The first kappa shape index (κ1) is 18.8. The second-order valence-corrected chi connectivity index (χ2v) is 8.06. The van der Waals surface area contributed by atoms with Gasteiger partial charge in [0, 0.05) is 11.0 Å². The molecule has 2 aromatic rings. The van der Waals surface area contributed by atoms with Crippen LogP contribution in [0.5, 0.6) is 0 Å². The second kappa shape index (κ2) is 7.48. The Bertz CT molecular complexity index is 958. The number of carbonyl (C=O) groups excluding carboxylic acids is 1. The van der Waals surface area contributed by atoms with Crippen LogP contribution in [0.4, 0.5) is 4.39 Å². The van der Waals surface area contributed by atoms with Gasteiger partial charge in [-0.2, -0.15) is 0 Å². The highest BCUT2D eigenvalue weighted by atomic mass is 19.1. The van der Waals surface area contributed by atoms with Crippen molar-refractivity contribution < 1.29 is 14.3 Å². The lowest BCUT2D eigenvalue weighted by atomic mass is 9.57. The van der Waals surface area contributed by atoms with Crippen molar-refractivity contribution in [3.63, 3.8) is 0 Å². The molecule has 2 aromatic carbocycles. The van der Waals surface area contributed by atoms with Crippen LogP contribution < -0.4 is 0 Å². The largest absolute Gasteiger partial charge is 0.392 e. The molecule has 144 valence electrons. The smallest absolute Gasteiger partial charge is 0.184 e. The van der Waals surface area contributed by atoms with Crippen LogP contribution in [0.15, 0.2) is 71.3 Å². The van der Waals surface area contributed by atoms with E-state index in [0.29, 0.717) is 24.0 Å². The van der Waals surface area contributed by atoms with E-state index < -0.39 is 11.5 Å². The van der Waals surface area contributed by atoms with Crippen LogP contribution in [0.3, 0.4) is 0 Å². The Kier molecular flexibility index (Phi) is 5.03. The average molecular weight is 376 g/mol. The minimum Gasteiger partial charge on any atom is -0.392 e. The Morgan fingerprint density at radius 3 is 2.71 bits per heavy atom. The standard InChI is InChI=1S/C25H25FO2/c1-17-22-11-6-12-23(27)25(22,15-18-7-3-2-4-8-18)16-20(24(17)28)13-19-9-5-10-21(26)14-19/h2-5,7-10,13-14,23,27H,6,11-12,15-16H2,1H3/b20-13+/t23-,25-/m0/s1. The Morgan fingerprint density at radius 1 is 1.18 bits per heavy atom. The van der Waals surface area contributed by atoms with Crippen molar-refractivity contribution in [2.45, 2.75) is 45.1 Å². The molecule has 0 amide bonds. The summed E-state index contributed by atoms with van der Waals surface area (Å²) >= 11 is 0. The summed E-state index contributed by atoms with van der Waals surface area (Å²) in [7, 11) is 0. The number of rotatable bonds is 3. The van der Waals surface area contributed by atoms with Crippen LogP contribution in [0, 0.1) is 11.2 Å². The van der Waals surface area contributed by atoms with E-state index in [0.717, 1.165) is 36.0 Å². The quantitative estimate of drug-likeness (QED) is 0.741. The number of Topliss-reactive ketones (excluding diaryl/α,β-unsaturated/α-hetero) is 1. The van der Waals surface area contributed by atoms with Crippen molar-refractivity contribution in [2.75, 3.05) is 0 Å². The molecule has 28 heavy (non-hydrogen) atoms. The van der Waals surface area contributed by atoms with Gasteiger partial charge in [-0.3, -0.25) is 4.79 Å². The molecule has 0 aliphatic heterocycles. The number of hydrogen-bond donors (Lipinski definition) is 1. The molecule has 1 saturated carbocycles. The van der Waals surface area contributed by atoms with E-state index in [9.17, 15) is 14.3 Å². The molecule has 2 aliphatic rings. The molecular weight excluding hydrogens is 351 g/mol. The summed E-state index contributed by atoms with van der Waals surface area (Å²) in [6, 6.07) is 16.5. The van der Waals surface area contributed by atoms with Crippen LogP contribution in [-0.4, -0.2) is 17.0 Å². The molecule has 0 spiro atoms. The van der Waals surface area contributed by atoms with E-state index in [1.54, 1.807) is 18.2 Å². The number of carbonyl (C=O) groups is 1. The van der Waals surface area contributed by atoms with Crippen LogP contribution in [0.25, 0.3) is 6.08 Å². The Labute approximate surface area is 165 Å². The summed E-state index contributed by atoms with van der Waals surface area (Å²) in [4.78, 5) is 13.1. The summed E-state index contributed by atoms with van der Waals surface area (Å²) in [5.41, 5.74) is 3.90. The first-order valence-electron chi connectivity index (χ1n) is 9.93. The number of ketones is 1. The summed E-state index contributed by atoms with van der Waals surface area (Å²) < 4.78 is 13.6. The third-order valence-electron chi connectivity index (χ3n) is 6.29. The van der Waals surface area contributed by atoms with Gasteiger partial charge in [0.25, 0.3) is 0 Å². The van der Waals surface area contributed by atoms with E-state index in [4.69, 9.17) is 0 Å². The highest BCUT2D eigenvalue weighted by Gasteiger charge is 2.48. The third-order valence-corrected chi connectivity index (χ3v) is 6.29. The third kappa shape index (κ3) is 3.35. The fourth-order valence-electron chi connectivity index (χ4n) is 4.94. The molecule has 1 fully saturated rings. The SMILES string of the molecule is CC1=C2CCC[C@H](O)[C@@]2(Cc2ccccc2)C/C(=C\c2cccc(F)c2)C1=O. The first-order chi connectivity index (χ1) is 13.5. The van der Waals surface area contributed by atoms with Gasteiger partial charge in [0.05, 0.1) is 6.10 Å². The number of halogens is 1. The summed E-state index contributed by atoms with van der Waals surface area (Å²) in [5.74, 6) is -0.292.